The monoisotopic (exact) mass is 359 g/mol. The first-order chi connectivity index (χ1) is 12.1. The van der Waals surface area contributed by atoms with Gasteiger partial charge >= 0.3 is 0 Å². The number of anilines is 2. The molecule has 0 aliphatic carbocycles. The number of ether oxygens (including phenoxy) is 1. The zero-order chi connectivity index (χ0) is 17.8. The zero-order valence-corrected chi connectivity index (χ0v) is 14.4. The number of fused-ring (bicyclic) bond motifs is 1. The van der Waals surface area contributed by atoms with Crippen LogP contribution >= 0.6 is 11.6 Å². The van der Waals surface area contributed by atoms with Crippen LogP contribution in [0.25, 0.3) is 0 Å². The summed E-state index contributed by atoms with van der Waals surface area (Å²) in [5, 5.41) is 5.84. The average Bonchev–Trinajstić information content (AvgIpc) is 2.62. The molecule has 7 heteroatoms. The lowest BCUT2D eigenvalue weighted by molar-refractivity contribution is -0.127. The number of amides is 2. The first kappa shape index (κ1) is 17.1. The Bertz CT molecular complexity index is 797. The van der Waals surface area contributed by atoms with E-state index in [9.17, 15) is 9.59 Å². The number of para-hydroxylation sites is 3. The lowest BCUT2D eigenvalue weighted by atomic mass is 10.1. The molecule has 3 rings (SSSR count). The van der Waals surface area contributed by atoms with Crippen molar-refractivity contribution in [3.05, 3.63) is 53.6 Å². The molecule has 0 bridgehead atoms. The lowest BCUT2D eigenvalue weighted by Crippen LogP contribution is -2.50. The van der Waals surface area contributed by atoms with Gasteiger partial charge in [-0.25, -0.2) is 0 Å². The molecule has 0 saturated carbocycles. The molecule has 0 aromatic heterocycles. The van der Waals surface area contributed by atoms with Crippen molar-refractivity contribution in [2.45, 2.75) is 6.10 Å². The van der Waals surface area contributed by atoms with Gasteiger partial charge in [-0.2, -0.15) is 0 Å². The third-order valence-electron chi connectivity index (χ3n) is 3.88. The molecule has 0 radical (unpaired) electrons. The lowest BCUT2D eigenvalue weighted by Gasteiger charge is -2.35. The predicted molar refractivity (Wildman–Crippen MR) is 97.2 cm³/mol. The number of benzene rings is 2. The number of rotatable bonds is 4. The third-order valence-corrected chi connectivity index (χ3v) is 4.21. The van der Waals surface area contributed by atoms with Crippen LogP contribution in [-0.2, 0) is 9.59 Å². The predicted octanol–water partition coefficient (Wildman–Crippen LogP) is 2.29. The summed E-state index contributed by atoms with van der Waals surface area (Å²) < 4.78 is 5.73. The molecule has 0 spiro atoms. The van der Waals surface area contributed by atoms with E-state index in [0.29, 0.717) is 16.5 Å². The molecule has 2 aromatic carbocycles. The average molecular weight is 360 g/mol. The van der Waals surface area contributed by atoms with Crippen LogP contribution in [0.2, 0.25) is 5.02 Å². The number of hydrogen-bond donors (Lipinski definition) is 2. The maximum Gasteiger partial charge on any atom is 0.262 e. The Balaban J connectivity index is 1.77. The van der Waals surface area contributed by atoms with Gasteiger partial charge in [-0.1, -0.05) is 35.9 Å². The number of likely N-dealkylation sites (N-methyl/N-ethyl adjacent to an activating group) is 1. The van der Waals surface area contributed by atoms with Crippen LogP contribution in [0.5, 0.6) is 5.75 Å². The number of carbonyl (C=O) groups excluding carboxylic acids is 2. The van der Waals surface area contributed by atoms with Crippen LogP contribution in [-0.4, -0.2) is 38.1 Å². The van der Waals surface area contributed by atoms with Crippen molar-refractivity contribution in [2.75, 3.05) is 30.4 Å². The molecule has 6 nitrogen and oxygen atoms in total. The van der Waals surface area contributed by atoms with Gasteiger partial charge in [0.05, 0.1) is 29.5 Å². The summed E-state index contributed by atoms with van der Waals surface area (Å²) in [7, 11) is 1.56. The van der Waals surface area contributed by atoms with E-state index < -0.39 is 6.10 Å². The minimum Gasteiger partial charge on any atom is -0.477 e. The SMILES string of the molecule is CNC(=O)[C@@H]1CN(CC(=O)Nc2ccccc2Cl)c2ccccc2O1. The van der Waals surface area contributed by atoms with Gasteiger partial charge in [0.15, 0.2) is 6.10 Å². The normalized spacial score (nSPS) is 15.8. The summed E-state index contributed by atoms with van der Waals surface area (Å²) in [5.41, 5.74) is 1.33. The number of nitrogens with zero attached hydrogens (tertiary/aromatic N) is 1. The third kappa shape index (κ3) is 3.85. The number of nitrogens with one attached hydrogen (secondary N) is 2. The number of carbonyl (C=O) groups is 2. The van der Waals surface area contributed by atoms with E-state index in [0.717, 1.165) is 5.69 Å². The van der Waals surface area contributed by atoms with Crippen LogP contribution in [0, 0.1) is 0 Å². The fraction of sp³-hybridized carbons (Fsp3) is 0.222. The Morgan fingerprint density at radius 1 is 1.20 bits per heavy atom. The van der Waals surface area contributed by atoms with E-state index in [1.165, 1.54) is 0 Å². The Kier molecular flexibility index (Phi) is 5.09. The van der Waals surface area contributed by atoms with Crippen LogP contribution in [0.15, 0.2) is 48.5 Å². The van der Waals surface area contributed by atoms with E-state index in [1.807, 2.05) is 23.1 Å². The summed E-state index contributed by atoms with van der Waals surface area (Å²) in [5.74, 6) is 0.124. The van der Waals surface area contributed by atoms with Crippen LogP contribution in [0.4, 0.5) is 11.4 Å². The van der Waals surface area contributed by atoms with Gasteiger partial charge in [0.1, 0.15) is 5.75 Å². The first-order valence-electron chi connectivity index (χ1n) is 7.85. The molecule has 2 amide bonds. The summed E-state index contributed by atoms with van der Waals surface area (Å²) in [6, 6.07) is 14.4. The van der Waals surface area contributed by atoms with Crippen LogP contribution in [0.1, 0.15) is 0 Å². The largest absolute Gasteiger partial charge is 0.477 e. The molecular formula is C18H18ClN3O3. The van der Waals surface area contributed by atoms with E-state index >= 15 is 0 Å². The highest BCUT2D eigenvalue weighted by atomic mass is 35.5. The van der Waals surface area contributed by atoms with Gasteiger partial charge in [0, 0.05) is 7.05 Å². The summed E-state index contributed by atoms with van der Waals surface area (Å²) >= 11 is 6.07. The van der Waals surface area contributed by atoms with Gasteiger partial charge < -0.3 is 20.3 Å². The highest BCUT2D eigenvalue weighted by Gasteiger charge is 2.31. The second-order valence-electron chi connectivity index (χ2n) is 5.60. The van der Waals surface area contributed by atoms with Crippen LogP contribution < -0.4 is 20.3 Å². The molecule has 2 N–H and O–H groups in total. The molecule has 0 fully saturated rings. The Labute approximate surface area is 150 Å². The molecule has 1 heterocycles. The standard InChI is InChI=1S/C18H18ClN3O3/c1-20-18(24)16-10-22(14-8-4-5-9-15(14)25-16)11-17(23)21-13-7-3-2-6-12(13)19/h2-9,16H,10-11H2,1H3,(H,20,24)(H,21,23)/t16-/m0/s1. The quantitative estimate of drug-likeness (QED) is 0.878. The molecule has 25 heavy (non-hydrogen) atoms. The van der Waals surface area contributed by atoms with Gasteiger partial charge in [-0.15, -0.1) is 0 Å². The highest BCUT2D eigenvalue weighted by Crippen LogP contribution is 2.33. The Hall–Kier alpha value is -2.73. The maximum absolute atomic E-state index is 12.4. The highest BCUT2D eigenvalue weighted by molar-refractivity contribution is 6.33. The van der Waals surface area contributed by atoms with Gasteiger partial charge in [0.25, 0.3) is 5.91 Å². The summed E-state index contributed by atoms with van der Waals surface area (Å²) in [4.78, 5) is 26.2. The number of hydrogen-bond acceptors (Lipinski definition) is 4. The Morgan fingerprint density at radius 3 is 2.68 bits per heavy atom. The number of halogens is 1. The van der Waals surface area contributed by atoms with Crippen molar-refractivity contribution in [3.63, 3.8) is 0 Å². The van der Waals surface area contributed by atoms with Crippen molar-refractivity contribution < 1.29 is 14.3 Å². The zero-order valence-electron chi connectivity index (χ0n) is 13.7. The van der Waals surface area contributed by atoms with Crippen molar-refractivity contribution >= 4 is 34.8 Å². The molecule has 1 aliphatic heterocycles. The smallest absolute Gasteiger partial charge is 0.262 e. The molecule has 1 aliphatic rings. The second kappa shape index (κ2) is 7.44. The van der Waals surface area contributed by atoms with E-state index in [1.54, 1.807) is 37.4 Å². The van der Waals surface area contributed by atoms with Gasteiger partial charge in [-0.05, 0) is 24.3 Å². The van der Waals surface area contributed by atoms with Crippen molar-refractivity contribution in [2.24, 2.45) is 0 Å². The van der Waals surface area contributed by atoms with Gasteiger partial charge in [-0.3, -0.25) is 9.59 Å². The van der Waals surface area contributed by atoms with Crippen molar-refractivity contribution in [3.8, 4) is 5.75 Å². The topological polar surface area (TPSA) is 70.7 Å². The molecule has 2 aromatic rings. The maximum atomic E-state index is 12.4. The van der Waals surface area contributed by atoms with E-state index in [-0.39, 0.29) is 24.9 Å². The van der Waals surface area contributed by atoms with Crippen molar-refractivity contribution in [1.29, 1.82) is 0 Å². The molecule has 1 atom stereocenters. The fourth-order valence-electron chi connectivity index (χ4n) is 2.68. The molecule has 0 unspecified atom stereocenters. The molecular weight excluding hydrogens is 342 g/mol. The Morgan fingerprint density at radius 2 is 1.92 bits per heavy atom. The molecule has 130 valence electrons. The first-order valence-corrected chi connectivity index (χ1v) is 8.23. The fourth-order valence-corrected chi connectivity index (χ4v) is 2.86. The second-order valence-corrected chi connectivity index (χ2v) is 6.00. The minimum absolute atomic E-state index is 0.0824. The summed E-state index contributed by atoms with van der Waals surface area (Å²) in [6.07, 6.45) is -0.673. The molecule has 0 saturated heterocycles. The van der Waals surface area contributed by atoms with Crippen molar-refractivity contribution in [1.82, 2.24) is 5.32 Å². The van der Waals surface area contributed by atoms with Crippen LogP contribution in [0.3, 0.4) is 0 Å². The summed E-state index contributed by atoms with van der Waals surface area (Å²) in [6.45, 7) is 0.367. The minimum atomic E-state index is -0.673. The van der Waals surface area contributed by atoms with E-state index in [4.69, 9.17) is 16.3 Å². The van der Waals surface area contributed by atoms with E-state index in [2.05, 4.69) is 10.6 Å². The van der Waals surface area contributed by atoms with Gasteiger partial charge in [0.2, 0.25) is 5.91 Å².